The smallest absolute Gasteiger partial charge is 0.222 e. The molecule has 0 unspecified atom stereocenters. The topological polar surface area (TPSA) is 84.6 Å². The Morgan fingerprint density at radius 1 is 1.64 bits per heavy atom. The van der Waals surface area contributed by atoms with Crippen molar-refractivity contribution < 1.29 is 14.6 Å². The third-order valence-corrected chi connectivity index (χ3v) is 2.01. The summed E-state index contributed by atoms with van der Waals surface area (Å²) in [4.78, 5) is 11.4. The summed E-state index contributed by atoms with van der Waals surface area (Å²) in [5, 5.41) is 12.1. The van der Waals surface area contributed by atoms with Gasteiger partial charge in [0.2, 0.25) is 5.91 Å². The molecule has 1 amide bonds. The van der Waals surface area contributed by atoms with Gasteiger partial charge in [0.15, 0.2) is 0 Å². The second kappa shape index (κ2) is 4.25. The quantitative estimate of drug-likeness (QED) is 0.547. The summed E-state index contributed by atoms with van der Waals surface area (Å²) >= 11 is 0. The van der Waals surface area contributed by atoms with Gasteiger partial charge in [0.05, 0.1) is 25.4 Å². The molecule has 82 valence electrons. The molecule has 0 aromatic heterocycles. The number of aliphatic hydroxyl groups is 1. The fourth-order valence-electron chi connectivity index (χ4n) is 1.35. The first-order valence-corrected chi connectivity index (χ1v) is 4.72. The normalized spacial score (nSPS) is 27.7. The van der Waals surface area contributed by atoms with Crippen molar-refractivity contribution in [1.82, 2.24) is 5.32 Å². The zero-order valence-corrected chi connectivity index (χ0v) is 8.62. The van der Waals surface area contributed by atoms with Crippen LogP contribution in [0.2, 0.25) is 0 Å². The number of ether oxygens (including phenoxy) is 1. The second-order valence-electron chi connectivity index (χ2n) is 4.44. The predicted octanol–water partition coefficient (Wildman–Crippen LogP) is -1.01. The number of rotatable bonds is 3. The summed E-state index contributed by atoms with van der Waals surface area (Å²) in [5.74, 6) is -0.146. The van der Waals surface area contributed by atoms with Gasteiger partial charge in [0.1, 0.15) is 0 Å². The maximum absolute atomic E-state index is 11.4. The van der Waals surface area contributed by atoms with Gasteiger partial charge in [-0.25, -0.2) is 0 Å². The summed E-state index contributed by atoms with van der Waals surface area (Å²) in [6, 6.07) is -0.287. The van der Waals surface area contributed by atoms with Gasteiger partial charge in [-0.3, -0.25) is 4.79 Å². The Hall–Kier alpha value is -0.650. The molecule has 5 heteroatoms. The van der Waals surface area contributed by atoms with E-state index in [1.165, 1.54) is 0 Å². The molecule has 0 aliphatic carbocycles. The zero-order valence-electron chi connectivity index (χ0n) is 8.62. The van der Waals surface area contributed by atoms with Gasteiger partial charge in [-0.1, -0.05) is 0 Å². The molecule has 0 aromatic rings. The molecule has 0 spiro atoms. The molecule has 4 N–H and O–H groups in total. The molecule has 1 aliphatic rings. The number of nitrogens with two attached hydrogens (primary N) is 1. The highest BCUT2D eigenvalue weighted by atomic mass is 16.5. The number of aliphatic hydroxyl groups excluding tert-OH is 1. The van der Waals surface area contributed by atoms with Crippen molar-refractivity contribution in [3.8, 4) is 0 Å². The molecule has 1 heterocycles. The molecule has 2 atom stereocenters. The third-order valence-electron chi connectivity index (χ3n) is 2.01. The van der Waals surface area contributed by atoms with E-state index < -0.39 is 11.6 Å². The zero-order chi connectivity index (χ0) is 10.8. The molecule has 0 aromatic carbocycles. The van der Waals surface area contributed by atoms with Crippen LogP contribution in [0.1, 0.15) is 20.3 Å². The highest BCUT2D eigenvalue weighted by molar-refractivity contribution is 5.77. The Kier molecular flexibility index (Phi) is 3.47. The standard InChI is InChI=1S/C9H18N2O3/c1-9(2,10)3-8(13)11-6-4-14-5-7(6)12/h6-7,12H,3-5,10H2,1-2H3,(H,11,13)/t6-,7-/m1/s1. The Morgan fingerprint density at radius 3 is 2.71 bits per heavy atom. The Balaban J connectivity index is 2.33. The number of carbonyl (C=O) groups excluding carboxylic acids is 1. The molecule has 1 aliphatic heterocycles. The van der Waals surface area contributed by atoms with Crippen molar-refractivity contribution in [3.05, 3.63) is 0 Å². The van der Waals surface area contributed by atoms with E-state index in [-0.39, 0.29) is 25.0 Å². The first-order chi connectivity index (χ1) is 6.38. The van der Waals surface area contributed by atoms with Crippen LogP contribution < -0.4 is 11.1 Å². The lowest BCUT2D eigenvalue weighted by atomic mass is 10.0. The summed E-state index contributed by atoms with van der Waals surface area (Å²) in [6.45, 7) is 4.23. The van der Waals surface area contributed by atoms with Crippen LogP contribution in [0.25, 0.3) is 0 Å². The van der Waals surface area contributed by atoms with E-state index in [2.05, 4.69) is 5.32 Å². The summed E-state index contributed by atoms with van der Waals surface area (Å²) < 4.78 is 5.00. The Bertz CT molecular complexity index is 213. The molecule has 1 saturated heterocycles. The number of amides is 1. The molecule has 14 heavy (non-hydrogen) atoms. The van der Waals surface area contributed by atoms with Gasteiger partial charge in [0, 0.05) is 12.0 Å². The van der Waals surface area contributed by atoms with Gasteiger partial charge >= 0.3 is 0 Å². The number of nitrogens with one attached hydrogen (secondary N) is 1. The van der Waals surface area contributed by atoms with E-state index in [0.29, 0.717) is 6.61 Å². The first kappa shape index (κ1) is 11.4. The van der Waals surface area contributed by atoms with Crippen molar-refractivity contribution in [2.75, 3.05) is 13.2 Å². The van der Waals surface area contributed by atoms with Gasteiger partial charge < -0.3 is 20.9 Å². The lowest BCUT2D eigenvalue weighted by molar-refractivity contribution is -0.123. The van der Waals surface area contributed by atoms with Crippen LogP contribution in [-0.4, -0.2) is 41.9 Å². The van der Waals surface area contributed by atoms with E-state index in [1.54, 1.807) is 13.8 Å². The maximum atomic E-state index is 11.4. The summed E-state index contributed by atoms with van der Waals surface area (Å²) in [5.41, 5.74) is 5.17. The van der Waals surface area contributed by atoms with Crippen LogP contribution in [-0.2, 0) is 9.53 Å². The molecule has 1 rings (SSSR count). The molecule has 1 fully saturated rings. The minimum Gasteiger partial charge on any atom is -0.388 e. The third kappa shape index (κ3) is 3.61. The Morgan fingerprint density at radius 2 is 2.29 bits per heavy atom. The minimum atomic E-state index is -0.597. The lowest BCUT2D eigenvalue weighted by Gasteiger charge is -2.20. The van der Waals surface area contributed by atoms with Gasteiger partial charge in [-0.05, 0) is 13.8 Å². The van der Waals surface area contributed by atoms with Crippen LogP contribution in [0.4, 0.5) is 0 Å². The van der Waals surface area contributed by atoms with Gasteiger partial charge in [0.25, 0.3) is 0 Å². The van der Waals surface area contributed by atoms with E-state index in [0.717, 1.165) is 0 Å². The van der Waals surface area contributed by atoms with Crippen LogP contribution in [0.15, 0.2) is 0 Å². The summed E-state index contributed by atoms with van der Waals surface area (Å²) in [7, 11) is 0. The number of hydrogen-bond acceptors (Lipinski definition) is 4. The monoisotopic (exact) mass is 202 g/mol. The van der Waals surface area contributed by atoms with Gasteiger partial charge in [-0.15, -0.1) is 0 Å². The van der Waals surface area contributed by atoms with E-state index in [1.807, 2.05) is 0 Å². The molecule has 0 saturated carbocycles. The highest BCUT2D eigenvalue weighted by Gasteiger charge is 2.28. The number of hydrogen-bond donors (Lipinski definition) is 3. The number of carbonyl (C=O) groups is 1. The van der Waals surface area contributed by atoms with Crippen LogP contribution in [0.5, 0.6) is 0 Å². The van der Waals surface area contributed by atoms with Crippen LogP contribution in [0.3, 0.4) is 0 Å². The average Bonchev–Trinajstić information content (AvgIpc) is 2.32. The van der Waals surface area contributed by atoms with Crippen molar-refractivity contribution in [3.63, 3.8) is 0 Å². The van der Waals surface area contributed by atoms with E-state index in [9.17, 15) is 9.90 Å². The molecule has 0 bridgehead atoms. The fourth-order valence-corrected chi connectivity index (χ4v) is 1.35. The van der Waals surface area contributed by atoms with Crippen molar-refractivity contribution >= 4 is 5.91 Å². The molecular weight excluding hydrogens is 184 g/mol. The van der Waals surface area contributed by atoms with Crippen LogP contribution in [0, 0.1) is 0 Å². The molecule has 0 radical (unpaired) electrons. The largest absolute Gasteiger partial charge is 0.388 e. The predicted molar refractivity (Wildman–Crippen MR) is 51.6 cm³/mol. The van der Waals surface area contributed by atoms with E-state index >= 15 is 0 Å². The van der Waals surface area contributed by atoms with Crippen LogP contribution >= 0.6 is 0 Å². The average molecular weight is 202 g/mol. The lowest BCUT2D eigenvalue weighted by Crippen LogP contribution is -2.46. The van der Waals surface area contributed by atoms with Crippen molar-refractivity contribution in [2.45, 2.75) is 38.0 Å². The SMILES string of the molecule is CC(C)(N)CC(=O)N[C@@H]1COC[C@H]1O. The van der Waals surface area contributed by atoms with E-state index in [4.69, 9.17) is 10.5 Å². The maximum Gasteiger partial charge on any atom is 0.222 e. The minimum absolute atomic E-state index is 0.146. The first-order valence-electron chi connectivity index (χ1n) is 4.72. The molecule has 5 nitrogen and oxygen atoms in total. The summed E-state index contributed by atoms with van der Waals surface area (Å²) in [6.07, 6.45) is -0.351. The Labute approximate surface area is 83.6 Å². The molecular formula is C9H18N2O3. The fraction of sp³-hybridized carbons (Fsp3) is 0.889. The second-order valence-corrected chi connectivity index (χ2v) is 4.44. The van der Waals surface area contributed by atoms with Crippen molar-refractivity contribution in [2.24, 2.45) is 5.73 Å². The van der Waals surface area contributed by atoms with Crippen molar-refractivity contribution in [1.29, 1.82) is 0 Å². The highest BCUT2D eigenvalue weighted by Crippen LogP contribution is 2.07. The van der Waals surface area contributed by atoms with Gasteiger partial charge in [-0.2, -0.15) is 0 Å².